The summed E-state index contributed by atoms with van der Waals surface area (Å²) in [5.74, 6) is 0.297. The molecule has 4 nitrogen and oxygen atoms in total. The van der Waals surface area contributed by atoms with Gasteiger partial charge in [0.05, 0.1) is 0 Å². The zero-order valence-corrected chi connectivity index (χ0v) is 12.8. The van der Waals surface area contributed by atoms with Crippen LogP contribution in [-0.2, 0) is 10.2 Å². The number of aryl methyl sites for hydroxylation is 1. The standard InChI is InChI=1S/C14H22N2O2S/c1-11-7-5-6-8-14(11)13-9-12(2)16(10-13)19(17,18)15(3)4/h5-8,12-13H,9-10H2,1-4H3/t12-,13-/m0/s1. The molecule has 0 amide bonds. The van der Waals surface area contributed by atoms with Crippen molar-refractivity contribution in [3.63, 3.8) is 0 Å². The monoisotopic (exact) mass is 282 g/mol. The minimum atomic E-state index is -3.31. The number of hydrogen-bond donors (Lipinski definition) is 0. The van der Waals surface area contributed by atoms with E-state index >= 15 is 0 Å². The van der Waals surface area contributed by atoms with Gasteiger partial charge >= 0.3 is 0 Å². The van der Waals surface area contributed by atoms with Gasteiger partial charge in [0.1, 0.15) is 0 Å². The Bertz CT molecular complexity index is 554. The van der Waals surface area contributed by atoms with Crippen LogP contribution in [0.4, 0.5) is 0 Å². The highest BCUT2D eigenvalue weighted by Crippen LogP contribution is 2.35. The first kappa shape index (κ1) is 14.5. The molecule has 1 saturated heterocycles. The Morgan fingerprint density at radius 1 is 1.26 bits per heavy atom. The van der Waals surface area contributed by atoms with E-state index in [1.165, 1.54) is 15.4 Å². The van der Waals surface area contributed by atoms with Crippen molar-refractivity contribution < 1.29 is 8.42 Å². The fourth-order valence-corrected chi connectivity index (χ4v) is 4.13. The van der Waals surface area contributed by atoms with Crippen LogP contribution in [-0.4, -0.2) is 43.7 Å². The van der Waals surface area contributed by atoms with Crippen molar-refractivity contribution in [2.45, 2.75) is 32.2 Å². The van der Waals surface area contributed by atoms with Gasteiger partial charge in [-0.3, -0.25) is 0 Å². The summed E-state index contributed by atoms with van der Waals surface area (Å²) < 4.78 is 27.4. The molecule has 19 heavy (non-hydrogen) atoms. The molecule has 0 unspecified atom stereocenters. The van der Waals surface area contributed by atoms with Gasteiger partial charge in [-0.1, -0.05) is 24.3 Å². The van der Waals surface area contributed by atoms with Crippen LogP contribution < -0.4 is 0 Å². The lowest BCUT2D eigenvalue weighted by atomic mass is 9.93. The van der Waals surface area contributed by atoms with E-state index in [1.54, 1.807) is 18.4 Å². The SMILES string of the molecule is Cc1ccccc1[C@H]1C[C@H](C)N(S(=O)(=O)N(C)C)C1. The molecule has 1 aliphatic rings. The maximum atomic E-state index is 12.3. The highest BCUT2D eigenvalue weighted by Gasteiger charge is 2.38. The number of nitrogens with zero attached hydrogens (tertiary/aromatic N) is 2. The first-order valence-corrected chi connectivity index (χ1v) is 7.98. The molecule has 1 aromatic carbocycles. The fourth-order valence-electron chi connectivity index (χ4n) is 2.80. The molecule has 5 heteroatoms. The normalized spacial score (nSPS) is 25.1. The predicted molar refractivity (Wildman–Crippen MR) is 77.3 cm³/mol. The van der Waals surface area contributed by atoms with E-state index < -0.39 is 10.2 Å². The van der Waals surface area contributed by atoms with Gasteiger partial charge in [0.15, 0.2) is 0 Å². The maximum Gasteiger partial charge on any atom is 0.281 e. The van der Waals surface area contributed by atoms with Gasteiger partial charge in [0.25, 0.3) is 10.2 Å². The van der Waals surface area contributed by atoms with E-state index in [9.17, 15) is 8.42 Å². The van der Waals surface area contributed by atoms with E-state index in [2.05, 4.69) is 19.1 Å². The van der Waals surface area contributed by atoms with Crippen molar-refractivity contribution in [3.05, 3.63) is 35.4 Å². The zero-order chi connectivity index (χ0) is 14.2. The second-order valence-corrected chi connectivity index (χ2v) is 7.59. The third-order valence-electron chi connectivity index (χ3n) is 3.90. The van der Waals surface area contributed by atoms with Crippen LogP contribution in [0, 0.1) is 6.92 Å². The van der Waals surface area contributed by atoms with Crippen molar-refractivity contribution in [1.29, 1.82) is 0 Å². The summed E-state index contributed by atoms with van der Waals surface area (Å²) in [6.07, 6.45) is 0.887. The molecule has 106 valence electrons. The quantitative estimate of drug-likeness (QED) is 0.850. The molecule has 0 saturated carbocycles. The fraction of sp³-hybridized carbons (Fsp3) is 0.571. The number of benzene rings is 1. The van der Waals surface area contributed by atoms with Gasteiger partial charge in [-0.05, 0) is 37.3 Å². The van der Waals surface area contributed by atoms with Gasteiger partial charge in [0, 0.05) is 26.7 Å². The van der Waals surface area contributed by atoms with E-state index in [-0.39, 0.29) is 6.04 Å². The molecule has 0 aromatic heterocycles. The van der Waals surface area contributed by atoms with Gasteiger partial charge < -0.3 is 0 Å². The third kappa shape index (κ3) is 2.68. The van der Waals surface area contributed by atoms with Crippen LogP contribution in [0.25, 0.3) is 0 Å². The zero-order valence-electron chi connectivity index (χ0n) is 12.0. The maximum absolute atomic E-state index is 12.3. The molecular formula is C14H22N2O2S. The third-order valence-corrected chi connectivity index (χ3v) is 5.93. The largest absolute Gasteiger partial charge is 0.281 e. The van der Waals surface area contributed by atoms with Crippen LogP contribution in [0.5, 0.6) is 0 Å². The Hall–Kier alpha value is -0.910. The molecule has 0 aliphatic carbocycles. The lowest BCUT2D eigenvalue weighted by Gasteiger charge is -2.24. The average Bonchev–Trinajstić information content (AvgIpc) is 2.72. The van der Waals surface area contributed by atoms with Crippen molar-refractivity contribution in [3.8, 4) is 0 Å². The number of hydrogen-bond acceptors (Lipinski definition) is 2. The Morgan fingerprint density at radius 2 is 1.89 bits per heavy atom. The Kier molecular flexibility index (Phi) is 3.99. The minimum Gasteiger partial charge on any atom is -0.195 e. The van der Waals surface area contributed by atoms with Crippen molar-refractivity contribution in [2.24, 2.45) is 0 Å². The summed E-state index contributed by atoms with van der Waals surface area (Å²) in [7, 11) is -0.140. The molecule has 0 spiro atoms. The van der Waals surface area contributed by atoms with Crippen molar-refractivity contribution in [1.82, 2.24) is 8.61 Å². The lowest BCUT2D eigenvalue weighted by Crippen LogP contribution is -2.41. The molecule has 1 heterocycles. The van der Waals surface area contributed by atoms with Gasteiger partial charge in [0.2, 0.25) is 0 Å². The molecular weight excluding hydrogens is 260 g/mol. The molecule has 2 atom stereocenters. The van der Waals surface area contributed by atoms with E-state index in [0.717, 1.165) is 6.42 Å². The second-order valence-electron chi connectivity index (χ2n) is 5.50. The van der Waals surface area contributed by atoms with Crippen LogP contribution in [0.1, 0.15) is 30.4 Å². The lowest BCUT2D eigenvalue weighted by molar-refractivity contribution is 0.371. The molecule has 1 aliphatic heterocycles. The number of rotatable bonds is 3. The van der Waals surface area contributed by atoms with E-state index in [1.807, 2.05) is 19.1 Å². The first-order chi connectivity index (χ1) is 8.84. The molecule has 1 aromatic rings. The summed E-state index contributed by atoms with van der Waals surface area (Å²) in [6.45, 7) is 4.65. The minimum absolute atomic E-state index is 0.0528. The second kappa shape index (κ2) is 5.23. The van der Waals surface area contributed by atoms with Crippen molar-refractivity contribution >= 4 is 10.2 Å². The smallest absolute Gasteiger partial charge is 0.195 e. The summed E-state index contributed by atoms with van der Waals surface area (Å²) in [5.41, 5.74) is 2.51. The average molecular weight is 282 g/mol. The van der Waals surface area contributed by atoms with Gasteiger partial charge in [-0.15, -0.1) is 0 Å². The summed E-state index contributed by atoms with van der Waals surface area (Å²) >= 11 is 0. The van der Waals surface area contributed by atoms with Gasteiger partial charge in [-0.2, -0.15) is 17.0 Å². The Balaban J connectivity index is 2.26. The molecule has 2 rings (SSSR count). The molecule has 1 fully saturated rings. The van der Waals surface area contributed by atoms with E-state index in [4.69, 9.17) is 0 Å². The van der Waals surface area contributed by atoms with Crippen molar-refractivity contribution in [2.75, 3.05) is 20.6 Å². The topological polar surface area (TPSA) is 40.6 Å². The van der Waals surface area contributed by atoms with Crippen LogP contribution in [0.15, 0.2) is 24.3 Å². The van der Waals surface area contributed by atoms with E-state index in [0.29, 0.717) is 12.5 Å². The van der Waals surface area contributed by atoms with Crippen LogP contribution >= 0.6 is 0 Å². The summed E-state index contributed by atoms with van der Waals surface area (Å²) in [5, 5.41) is 0. The molecule has 0 N–H and O–H groups in total. The highest BCUT2D eigenvalue weighted by atomic mass is 32.2. The van der Waals surface area contributed by atoms with Crippen LogP contribution in [0.2, 0.25) is 0 Å². The molecule has 0 radical (unpaired) electrons. The Morgan fingerprint density at radius 3 is 2.47 bits per heavy atom. The highest BCUT2D eigenvalue weighted by molar-refractivity contribution is 7.86. The first-order valence-electron chi connectivity index (χ1n) is 6.59. The van der Waals surface area contributed by atoms with Crippen LogP contribution in [0.3, 0.4) is 0 Å². The Labute approximate surface area is 116 Å². The predicted octanol–water partition coefficient (Wildman–Crippen LogP) is 1.98. The molecule has 0 bridgehead atoms. The van der Waals surface area contributed by atoms with Gasteiger partial charge in [-0.25, -0.2) is 0 Å². The summed E-state index contributed by atoms with van der Waals surface area (Å²) in [6, 6.07) is 8.29. The summed E-state index contributed by atoms with van der Waals surface area (Å²) in [4.78, 5) is 0.